The molecule has 29 heavy (non-hydrogen) atoms. The first kappa shape index (κ1) is 20.7. The Morgan fingerprint density at radius 2 is 1.90 bits per heavy atom. The number of aromatic nitrogens is 4. The Bertz CT molecular complexity index is 963. The summed E-state index contributed by atoms with van der Waals surface area (Å²) in [5.74, 6) is 1.23. The molecule has 0 aliphatic heterocycles. The SMILES string of the molecule is CCOc1ccc(Cn2cc(NC(=O)Cn3cc(Cl)c(C)n3)cn2)cc1OCC. The molecule has 1 aromatic carbocycles. The van der Waals surface area contributed by atoms with Crippen LogP contribution in [0.4, 0.5) is 5.69 Å². The third-order valence-corrected chi connectivity index (χ3v) is 4.43. The summed E-state index contributed by atoms with van der Waals surface area (Å²) in [7, 11) is 0. The molecule has 2 heterocycles. The van der Waals surface area contributed by atoms with Gasteiger partial charge in [0.05, 0.1) is 42.4 Å². The molecule has 0 saturated heterocycles. The van der Waals surface area contributed by atoms with Gasteiger partial charge in [0.1, 0.15) is 6.54 Å². The summed E-state index contributed by atoms with van der Waals surface area (Å²) >= 11 is 5.97. The van der Waals surface area contributed by atoms with Crippen LogP contribution in [-0.4, -0.2) is 38.7 Å². The zero-order valence-electron chi connectivity index (χ0n) is 16.7. The summed E-state index contributed by atoms with van der Waals surface area (Å²) in [4.78, 5) is 12.2. The molecule has 3 rings (SSSR count). The molecule has 0 saturated carbocycles. The van der Waals surface area contributed by atoms with Crippen LogP contribution in [0, 0.1) is 6.92 Å². The maximum absolute atomic E-state index is 12.2. The topological polar surface area (TPSA) is 83.2 Å². The summed E-state index contributed by atoms with van der Waals surface area (Å²) in [6.45, 7) is 7.41. The van der Waals surface area contributed by atoms with E-state index in [-0.39, 0.29) is 12.5 Å². The van der Waals surface area contributed by atoms with Gasteiger partial charge in [0.25, 0.3) is 0 Å². The molecule has 3 aromatic rings. The minimum absolute atomic E-state index is 0.0787. The van der Waals surface area contributed by atoms with Crippen LogP contribution in [0.5, 0.6) is 11.5 Å². The van der Waals surface area contributed by atoms with Crippen LogP contribution in [-0.2, 0) is 17.9 Å². The lowest BCUT2D eigenvalue weighted by Crippen LogP contribution is -2.18. The second-order valence-electron chi connectivity index (χ2n) is 6.38. The second kappa shape index (κ2) is 9.47. The monoisotopic (exact) mass is 417 g/mol. The van der Waals surface area contributed by atoms with Gasteiger partial charge < -0.3 is 14.8 Å². The minimum atomic E-state index is -0.205. The molecule has 1 N–H and O–H groups in total. The highest BCUT2D eigenvalue weighted by Crippen LogP contribution is 2.29. The average molecular weight is 418 g/mol. The zero-order valence-corrected chi connectivity index (χ0v) is 17.4. The average Bonchev–Trinajstić information content (AvgIpc) is 3.23. The highest BCUT2D eigenvalue weighted by molar-refractivity contribution is 6.31. The molecule has 0 radical (unpaired) electrons. The number of carbonyl (C=O) groups excluding carboxylic acids is 1. The lowest BCUT2D eigenvalue weighted by atomic mass is 10.2. The van der Waals surface area contributed by atoms with Gasteiger partial charge in [-0.2, -0.15) is 10.2 Å². The predicted octanol–water partition coefficient (Wildman–Crippen LogP) is 3.53. The van der Waals surface area contributed by atoms with Crippen molar-refractivity contribution in [3.05, 3.63) is 53.1 Å². The molecule has 2 aromatic heterocycles. The first-order valence-electron chi connectivity index (χ1n) is 9.38. The van der Waals surface area contributed by atoms with E-state index in [0.717, 1.165) is 11.3 Å². The van der Waals surface area contributed by atoms with E-state index in [1.165, 1.54) is 4.68 Å². The molecule has 0 spiro atoms. The van der Waals surface area contributed by atoms with Gasteiger partial charge in [0.15, 0.2) is 11.5 Å². The first-order chi connectivity index (χ1) is 14.0. The van der Waals surface area contributed by atoms with Crippen molar-refractivity contribution >= 4 is 23.2 Å². The van der Waals surface area contributed by atoms with Crippen molar-refractivity contribution in [1.29, 1.82) is 0 Å². The summed E-state index contributed by atoms with van der Waals surface area (Å²) in [6, 6.07) is 5.81. The highest BCUT2D eigenvalue weighted by atomic mass is 35.5. The maximum Gasteiger partial charge on any atom is 0.246 e. The van der Waals surface area contributed by atoms with Gasteiger partial charge in [-0.25, -0.2) is 0 Å². The number of carbonyl (C=O) groups is 1. The molecule has 0 atom stereocenters. The number of amides is 1. The number of nitrogens with zero attached hydrogens (tertiary/aromatic N) is 4. The summed E-state index contributed by atoms with van der Waals surface area (Å²) in [5.41, 5.74) is 2.31. The molecule has 0 unspecified atom stereocenters. The molecule has 8 nitrogen and oxygen atoms in total. The van der Waals surface area contributed by atoms with Gasteiger partial charge in [-0.3, -0.25) is 14.2 Å². The largest absolute Gasteiger partial charge is 0.490 e. The van der Waals surface area contributed by atoms with Gasteiger partial charge in [-0.05, 0) is 38.5 Å². The van der Waals surface area contributed by atoms with Gasteiger partial charge in [0.2, 0.25) is 5.91 Å². The van der Waals surface area contributed by atoms with Gasteiger partial charge in [0, 0.05) is 12.4 Å². The maximum atomic E-state index is 12.2. The van der Waals surface area contributed by atoms with Crippen LogP contribution < -0.4 is 14.8 Å². The van der Waals surface area contributed by atoms with E-state index in [1.54, 1.807) is 30.2 Å². The Hall–Kier alpha value is -3.00. The molecule has 154 valence electrons. The van der Waals surface area contributed by atoms with Gasteiger partial charge in [-0.15, -0.1) is 0 Å². The van der Waals surface area contributed by atoms with E-state index in [9.17, 15) is 4.79 Å². The van der Waals surface area contributed by atoms with Crippen molar-refractivity contribution in [3.63, 3.8) is 0 Å². The molecule has 1 amide bonds. The molecule has 0 aliphatic carbocycles. The Balaban J connectivity index is 1.62. The Morgan fingerprint density at radius 3 is 2.59 bits per heavy atom. The van der Waals surface area contributed by atoms with Gasteiger partial charge in [-0.1, -0.05) is 17.7 Å². The number of benzene rings is 1. The van der Waals surface area contributed by atoms with E-state index in [1.807, 2.05) is 32.0 Å². The van der Waals surface area contributed by atoms with E-state index >= 15 is 0 Å². The molecule has 0 bridgehead atoms. The number of ether oxygens (including phenoxy) is 2. The Morgan fingerprint density at radius 1 is 1.14 bits per heavy atom. The molecule has 0 aliphatic rings. The van der Waals surface area contributed by atoms with E-state index in [2.05, 4.69) is 15.5 Å². The van der Waals surface area contributed by atoms with Crippen LogP contribution in [0.25, 0.3) is 0 Å². The third-order valence-electron chi connectivity index (χ3n) is 4.06. The molecular weight excluding hydrogens is 394 g/mol. The first-order valence-corrected chi connectivity index (χ1v) is 9.76. The van der Waals surface area contributed by atoms with E-state index < -0.39 is 0 Å². The fraction of sp³-hybridized carbons (Fsp3) is 0.350. The number of hydrogen-bond acceptors (Lipinski definition) is 5. The van der Waals surface area contributed by atoms with Crippen LogP contribution in [0.1, 0.15) is 25.1 Å². The van der Waals surface area contributed by atoms with Crippen LogP contribution >= 0.6 is 11.6 Å². The smallest absolute Gasteiger partial charge is 0.246 e. The lowest BCUT2D eigenvalue weighted by Gasteiger charge is -2.12. The molecular formula is C20H24ClN5O3. The summed E-state index contributed by atoms with van der Waals surface area (Å²) in [5, 5.41) is 11.8. The minimum Gasteiger partial charge on any atom is -0.490 e. The normalized spacial score (nSPS) is 10.8. The summed E-state index contributed by atoms with van der Waals surface area (Å²) in [6.07, 6.45) is 5.01. The highest BCUT2D eigenvalue weighted by Gasteiger charge is 2.10. The number of aryl methyl sites for hydroxylation is 1. The Labute approximate surface area is 174 Å². The number of anilines is 1. The fourth-order valence-electron chi connectivity index (χ4n) is 2.82. The fourth-order valence-corrected chi connectivity index (χ4v) is 2.97. The number of rotatable bonds is 9. The van der Waals surface area contributed by atoms with Crippen molar-refractivity contribution in [1.82, 2.24) is 19.6 Å². The quantitative estimate of drug-likeness (QED) is 0.575. The molecule has 9 heteroatoms. The zero-order chi connectivity index (χ0) is 20.8. The number of nitrogens with one attached hydrogen (secondary N) is 1. The summed E-state index contributed by atoms with van der Waals surface area (Å²) < 4.78 is 14.5. The Kier molecular flexibility index (Phi) is 6.77. The molecule has 0 fully saturated rings. The van der Waals surface area contributed by atoms with Crippen molar-refractivity contribution in [2.75, 3.05) is 18.5 Å². The van der Waals surface area contributed by atoms with Crippen molar-refractivity contribution in [2.24, 2.45) is 0 Å². The van der Waals surface area contributed by atoms with Crippen molar-refractivity contribution in [2.45, 2.75) is 33.9 Å². The standard InChI is InChI=1S/C20H24ClN5O3/c1-4-28-18-7-6-15(8-19(18)29-5-2)10-25-11-16(9-22-25)23-20(27)13-26-12-17(21)14(3)24-26/h6-9,11-12H,4-5,10,13H2,1-3H3,(H,23,27). The van der Waals surface area contributed by atoms with E-state index in [4.69, 9.17) is 21.1 Å². The predicted molar refractivity (Wildman–Crippen MR) is 111 cm³/mol. The van der Waals surface area contributed by atoms with Crippen LogP contribution in [0.3, 0.4) is 0 Å². The van der Waals surface area contributed by atoms with Gasteiger partial charge >= 0.3 is 0 Å². The number of hydrogen-bond donors (Lipinski definition) is 1. The lowest BCUT2D eigenvalue weighted by molar-refractivity contribution is -0.116. The number of halogens is 1. The van der Waals surface area contributed by atoms with Crippen molar-refractivity contribution in [3.8, 4) is 11.5 Å². The van der Waals surface area contributed by atoms with E-state index in [0.29, 0.717) is 41.9 Å². The van der Waals surface area contributed by atoms with Crippen LogP contribution in [0.15, 0.2) is 36.8 Å². The third kappa shape index (κ3) is 5.51. The second-order valence-corrected chi connectivity index (χ2v) is 6.79. The van der Waals surface area contributed by atoms with Crippen molar-refractivity contribution < 1.29 is 14.3 Å². The van der Waals surface area contributed by atoms with Crippen LogP contribution in [0.2, 0.25) is 5.02 Å².